The normalized spacial score (nSPS) is 19.8. The topological polar surface area (TPSA) is 45.2 Å². The molecule has 2 aromatic rings. The van der Waals surface area contributed by atoms with E-state index in [1.54, 1.807) is 0 Å². The van der Waals surface area contributed by atoms with Crippen LogP contribution in [0.1, 0.15) is 29.2 Å². The van der Waals surface area contributed by atoms with E-state index in [0.29, 0.717) is 19.7 Å². The van der Waals surface area contributed by atoms with Crippen LogP contribution in [0.15, 0.2) is 48.5 Å². The van der Waals surface area contributed by atoms with E-state index in [1.165, 1.54) is 5.56 Å². The third kappa shape index (κ3) is 5.38. The predicted octanol–water partition coefficient (Wildman–Crippen LogP) is 3.70. The number of nitrogens with zero attached hydrogens (tertiary/aromatic N) is 3. The van der Waals surface area contributed by atoms with E-state index in [1.807, 2.05) is 41.1 Å². The second-order valence-corrected chi connectivity index (χ2v) is 8.46. The molecule has 2 heterocycles. The van der Waals surface area contributed by atoms with Crippen molar-refractivity contribution in [2.75, 3.05) is 53.0 Å². The number of hydrogen-bond donors (Lipinski definition) is 0. The molecule has 6 heteroatoms. The van der Waals surface area contributed by atoms with E-state index in [-0.39, 0.29) is 12.1 Å². The minimum Gasteiger partial charge on any atom is -0.493 e. The van der Waals surface area contributed by atoms with Crippen molar-refractivity contribution in [3.63, 3.8) is 0 Å². The van der Waals surface area contributed by atoms with Gasteiger partial charge in [0, 0.05) is 39.8 Å². The number of carbonyl (C=O) groups excluding carboxylic acids is 1. The fraction of sp³-hybridized carbons (Fsp3) is 0.480. The van der Waals surface area contributed by atoms with Crippen LogP contribution in [-0.4, -0.2) is 73.8 Å². The van der Waals surface area contributed by atoms with Crippen molar-refractivity contribution in [3.8, 4) is 5.75 Å². The zero-order valence-corrected chi connectivity index (χ0v) is 18.6. The van der Waals surface area contributed by atoms with Gasteiger partial charge < -0.3 is 19.3 Å². The lowest BCUT2D eigenvalue weighted by Gasteiger charge is -2.26. The number of morpholine rings is 1. The highest BCUT2D eigenvalue weighted by atomic mass is 16.5. The van der Waals surface area contributed by atoms with Gasteiger partial charge in [-0.3, -0.25) is 4.90 Å². The van der Waals surface area contributed by atoms with Gasteiger partial charge in [-0.2, -0.15) is 0 Å². The number of carbonyl (C=O) groups is 1. The molecule has 2 fully saturated rings. The van der Waals surface area contributed by atoms with Crippen LogP contribution in [0.2, 0.25) is 0 Å². The Bertz CT molecular complexity index is 868. The van der Waals surface area contributed by atoms with Crippen molar-refractivity contribution >= 4 is 6.03 Å². The van der Waals surface area contributed by atoms with Gasteiger partial charge in [0.1, 0.15) is 5.75 Å². The largest absolute Gasteiger partial charge is 0.493 e. The van der Waals surface area contributed by atoms with Crippen molar-refractivity contribution < 1.29 is 14.3 Å². The third-order valence-electron chi connectivity index (χ3n) is 6.21. The molecule has 0 aromatic heterocycles. The molecule has 0 N–H and O–H groups in total. The maximum Gasteiger partial charge on any atom is 0.320 e. The maximum absolute atomic E-state index is 12.8. The molecule has 31 heavy (non-hydrogen) atoms. The van der Waals surface area contributed by atoms with Crippen LogP contribution in [0, 0.1) is 6.92 Å². The first-order valence-corrected chi connectivity index (χ1v) is 11.2. The van der Waals surface area contributed by atoms with Crippen molar-refractivity contribution in [1.29, 1.82) is 0 Å². The van der Waals surface area contributed by atoms with Crippen LogP contribution in [0.3, 0.4) is 0 Å². The van der Waals surface area contributed by atoms with Gasteiger partial charge in [0.15, 0.2) is 0 Å². The summed E-state index contributed by atoms with van der Waals surface area (Å²) in [6.45, 7) is 8.87. The monoisotopic (exact) mass is 423 g/mol. The molecule has 2 amide bonds. The molecular weight excluding hydrogens is 390 g/mol. The number of urea groups is 1. The summed E-state index contributed by atoms with van der Waals surface area (Å²) in [4.78, 5) is 19.0. The summed E-state index contributed by atoms with van der Waals surface area (Å²) in [5, 5.41) is 0. The second kappa shape index (κ2) is 10.2. The zero-order chi connectivity index (χ0) is 21.6. The van der Waals surface area contributed by atoms with Crippen LogP contribution >= 0.6 is 0 Å². The average Bonchev–Trinajstić information content (AvgIpc) is 3.08. The first-order valence-electron chi connectivity index (χ1n) is 11.2. The molecule has 2 aromatic carbocycles. The minimum absolute atomic E-state index is 0.0787. The Labute approximate surface area is 185 Å². The molecule has 2 saturated heterocycles. The Morgan fingerprint density at radius 3 is 2.61 bits per heavy atom. The minimum atomic E-state index is 0.0787. The lowest BCUT2D eigenvalue weighted by molar-refractivity contribution is 0.0358. The number of likely N-dealkylation sites (N-methyl/N-ethyl adjacent to an activating group) is 1. The number of benzene rings is 2. The predicted molar refractivity (Wildman–Crippen MR) is 121 cm³/mol. The van der Waals surface area contributed by atoms with Crippen LogP contribution in [-0.2, 0) is 11.3 Å². The van der Waals surface area contributed by atoms with Crippen LogP contribution in [0.4, 0.5) is 4.79 Å². The van der Waals surface area contributed by atoms with Crippen LogP contribution < -0.4 is 4.74 Å². The van der Waals surface area contributed by atoms with E-state index in [4.69, 9.17) is 9.47 Å². The first-order chi connectivity index (χ1) is 15.1. The highest BCUT2D eigenvalue weighted by Crippen LogP contribution is 2.29. The van der Waals surface area contributed by atoms with Gasteiger partial charge in [-0.25, -0.2) is 4.79 Å². The molecule has 1 atom stereocenters. The molecule has 0 aliphatic carbocycles. The van der Waals surface area contributed by atoms with E-state index in [0.717, 1.165) is 56.1 Å². The Morgan fingerprint density at radius 2 is 1.87 bits per heavy atom. The number of hydrogen-bond acceptors (Lipinski definition) is 4. The van der Waals surface area contributed by atoms with Crippen molar-refractivity contribution in [1.82, 2.24) is 14.7 Å². The number of rotatable bonds is 8. The van der Waals surface area contributed by atoms with Gasteiger partial charge in [0.2, 0.25) is 0 Å². The summed E-state index contributed by atoms with van der Waals surface area (Å²) < 4.78 is 11.4. The first kappa shape index (κ1) is 21.7. The average molecular weight is 424 g/mol. The fourth-order valence-corrected chi connectivity index (χ4v) is 4.39. The molecule has 2 aliphatic rings. The maximum atomic E-state index is 12.8. The second-order valence-electron chi connectivity index (χ2n) is 8.46. The summed E-state index contributed by atoms with van der Waals surface area (Å²) >= 11 is 0. The molecule has 0 spiro atoms. The third-order valence-corrected chi connectivity index (χ3v) is 6.21. The molecule has 2 aliphatic heterocycles. The van der Waals surface area contributed by atoms with Crippen molar-refractivity contribution in [3.05, 3.63) is 65.2 Å². The molecule has 6 nitrogen and oxygen atoms in total. The summed E-state index contributed by atoms with van der Waals surface area (Å²) in [6.07, 6.45) is 1.01. The summed E-state index contributed by atoms with van der Waals surface area (Å²) in [5.74, 6) is 0.928. The molecule has 166 valence electrons. The number of amides is 2. The summed E-state index contributed by atoms with van der Waals surface area (Å²) in [6, 6.07) is 16.7. The van der Waals surface area contributed by atoms with E-state index in [2.05, 4.69) is 36.1 Å². The van der Waals surface area contributed by atoms with Gasteiger partial charge in [0.05, 0.1) is 25.9 Å². The van der Waals surface area contributed by atoms with Gasteiger partial charge in [0.25, 0.3) is 0 Å². The van der Waals surface area contributed by atoms with E-state index >= 15 is 0 Å². The standard InChI is InChI=1S/C25H33N3O3/c1-20-17-21(9-10-24(20)31-14-6-11-27-12-15-30-16-13-27)18-28-19-23(26(2)25(28)29)22-7-4-3-5-8-22/h3-5,7-10,17,23H,6,11-16,18-19H2,1-2H3/t23-/m1/s1. The Balaban J connectivity index is 1.29. The van der Waals surface area contributed by atoms with E-state index < -0.39 is 0 Å². The Hall–Kier alpha value is -2.57. The number of ether oxygens (including phenoxy) is 2. The number of aryl methyl sites for hydroxylation is 1. The SMILES string of the molecule is Cc1cc(CN2C[C@H](c3ccccc3)N(C)C2=O)ccc1OCCCN1CCOCC1. The molecule has 4 rings (SSSR count). The van der Waals surface area contributed by atoms with Gasteiger partial charge in [-0.1, -0.05) is 42.5 Å². The Kier molecular flexibility index (Phi) is 7.10. The quantitative estimate of drug-likeness (QED) is 0.608. The smallest absolute Gasteiger partial charge is 0.320 e. The lowest BCUT2D eigenvalue weighted by atomic mass is 10.1. The molecule has 0 saturated carbocycles. The lowest BCUT2D eigenvalue weighted by Crippen LogP contribution is -2.37. The summed E-state index contributed by atoms with van der Waals surface area (Å²) in [7, 11) is 1.89. The van der Waals surface area contributed by atoms with Gasteiger partial charge in [-0.15, -0.1) is 0 Å². The van der Waals surface area contributed by atoms with Crippen LogP contribution in [0.25, 0.3) is 0 Å². The van der Waals surface area contributed by atoms with E-state index in [9.17, 15) is 4.79 Å². The Morgan fingerprint density at radius 1 is 1.10 bits per heavy atom. The zero-order valence-electron chi connectivity index (χ0n) is 18.6. The summed E-state index contributed by atoms with van der Waals surface area (Å²) in [5.41, 5.74) is 3.43. The van der Waals surface area contributed by atoms with Crippen molar-refractivity contribution in [2.24, 2.45) is 0 Å². The molecule has 0 radical (unpaired) electrons. The highest BCUT2D eigenvalue weighted by Gasteiger charge is 2.35. The fourth-order valence-electron chi connectivity index (χ4n) is 4.39. The van der Waals surface area contributed by atoms with Crippen molar-refractivity contribution in [2.45, 2.75) is 25.9 Å². The molecule has 0 bridgehead atoms. The highest BCUT2D eigenvalue weighted by molar-refractivity contribution is 5.77. The molecular formula is C25H33N3O3. The van der Waals surface area contributed by atoms with Crippen LogP contribution in [0.5, 0.6) is 5.75 Å². The van der Waals surface area contributed by atoms with Gasteiger partial charge >= 0.3 is 6.03 Å². The molecule has 0 unspecified atom stereocenters. The van der Waals surface area contributed by atoms with Gasteiger partial charge in [-0.05, 0) is 36.1 Å².